The van der Waals surface area contributed by atoms with Crippen molar-refractivity contribution in [3.8, 4) is 28.9 Å². The van der Waals surface area contributed by atoms with E-state index in [0.717, 1.165) is 22.4 Å². The highest BCUT2D eigenvalue weighted by Crippen LogP contribution is 2.31. The summed E-state index contributed by atoms with van der Waals surface area (Å²) in [5.41, 5.74) is 1.76. The SMILES string of the molecule is N#C/C(=C/c1ccc2cc(-c3ccc(Oc4ccccc4)cc3)oc2c1)C(=O)O. The lowest BCUT2D eigenvalue weighted by molar-refractivity contribution is -0.132. The summed E-state index contributed by atoms with van der Waals surface area (Å²) in [6.07, 6.45) is 1.32. The zero-order chi connectivity index (χ0) is 20.2. The van der Waals surface area contributed by atoms with Crippen molar-refractivity contribution >= 4 is 23.0 Å². The Balaban J connectivity index is 1.59. The van der Waals surface area contributed by atoms with Crippen molar-refractivity contribution in [1.29, 1.82) is 5.26 Å². The van der Waals surface area contributed by atoms with Crippen molar-refractivity contribution in [1.82, 2.24) is 0 Å². The van der Waals surface area contributed by atoms with Gasteiger partial charge in [-0.1, -0.05) is 30.3 Å². The minimum absolute atomic E-state index is 0.329. The lowest BCUT2D eigenvalue weighted by Gasteiger charge is -2.05. The number of nitrogens with zero attached hydrogens (tertiary/aromatic N) is 1. The molecule has 1 N–H and O–H groups in total. The Hall–Kier alpha value is -4.30. The van der Waals surface area contributed by atoms with E-state index in [4.69, 9.17) is 19.5 Å². The van der Waals surface area contributed by atoms with Crippen molar-refractivity contribution in [2.45, 2.75) is 0 Å². The summed E-state index contributed by atoms with van der Waals surface area (Å²) in [5.74, 6) is 0.917. The third-order valence-corrected chi connectivity index (χ3v) is 4.32. The molecule has 0 saturated carbocycles. The lowest BCUT2D eigenvalue weighted by atomic mass is 10.1. The van der Waals surface area contributed by atoms with Gasteiger partial charge in [-0.05, 0) is 60.2 Å². The number of para-hydroxylation sites is 1. The molecule has 140 valence electrons. The first-order valence-electron chi connectivity index (χ1n) is 8.84. The molecule has 0 bridgehead atoms. The molecule has 5 heteroatoms. The molecule has 0 amide bonds. The predicted octanol–water partition coefficient (Wildman–Crippen LogP) is 5.88. The van der Waals surface area contributed by atoms with E-state index in [2.05, 4.69) is 0 Å². The van der Waals surface area contributed by atoms with Crippen LogP contribution in [0.5, 0.6) is 11.5 Å². The molecule has 0 saturated heterocycles. The Morgan fingerprint density at radius 2 is 1.69 bits per heavy atom. The molecule has 5 nitrogen and oxygen atoms in total. The third-order valence-electron chi connectivity index (χ3n) is 4.32. The molecule has 0 aliphatic rings. The fraction of sp³-hybridized carbons (Fsp3) is 0. The van der Waals surface area contributed by atoms with Gasteiger partial charge >= 0.3 is 5.97 Å². The Labute approximate surface area is 166 Å². The maximum atomic E-state index is 11.0. The van der Waals surface area contributed by atoms with E-state index in [0.29, 0.717) is 16.9 Å². The molecule has 0 aliphatic carbocycles. The molecule has 4 aromatic rings. The van der Waals surface area contributed by atoms with Crippen molar-refractivity contribution < 1.29 is 19.1 Å². The minimum atomic E-state index is -1.26. The van der Waals surface area contributed by atoms with Gasteiger partial charge in [0, 0.05) is 10.9 Å². The van der Waals surface area contributed by atoms with Crippen molar-refractivity contribution in [2.24, 2.45) is 0 Å². The predicted molar refractivity (Wildman–Crippen MR) is 109 cm³/mol. The fourth-order valence-electron chi connectivity index (χ4n) is 2.90. The zero-order valence-electron chi connectivity index (χ0n) is 15.2. The molecule has 0 aliphatic heterocycles. The number of aliphatic carboxylic acids is 1. The van der Waals surface area contributed by atoms with E-state index >= 15 is 0 Å². The van der Waals surface area contributed by atoms with Crippen LogP contribution in [0, 0.1) is 11.3 Å². The van der Waals surface area contributed by atoms with Gasteiger partial charge in [-0.15, -0.1) is 0 Å². The number of ether oxygens (including phenoxy) is 1. The van der Waals surface area contributed by atoms with Gasteiger partial charge < -0.3 is 14.3 Å². The van der Waals surface area contributed by atoms with Gasteiger partial charge in [-0.3, -0.25) is 0 Å². The highest BCUT2D eigenvalue weighted by Gasteiger charge is 2.09. The summed E-state index contributed by atoms with van der Waals surface area (Å²) < 4.78 is 11.7. The number of carboxylic acids is 1. The van der Waals surface area contributed by atoms with Crippen LogP contribution in [0.4, 0.5) is 0 Å². The highest BCUT2D eigenvalue weighted by atomic mass is 16.5. The topological polar surface area (TPSA) is 83.5 Å². The van der Waals surface area contributed by atoms with Crippen LogP contribution < -0.4 is 4.74 Å². The number of benzene rings is 3. The third kappa shape index (κ3) is 4.02. The molecule has 0 unspecified atom stereocenters. The van der Waals surface area contributed by atoms with Crippen molar-refractivity contribution in [2.75, 3.05) is 0 Å². The smallest absolute Gasteiger partial charge is 0.346 e. The van der Waals surface area contributed by atoms with Gasteiger partial charge in [-0.2, -0.15) is 5.26 Å². The quantitative estimate of drug-likeness (QED) is 0.344. The van der Waals surface area contributed by atoms with E-state index in [1.54, 1.807) is 18.2 Å². The number of carbonyl (C=O) groups is 1. The second-order valence-electron chi connectivity index (χ2n) is 6.32. The van der Waals surface area contributed by atoms with E-state index < -0.39 is 5.97 Å². The van der Waals surface area contributed by atoms with Gasteiger partial charge in [0.2, 0.25) is 0 Å². The standard InChI is InChI=1S/C24H15NO4/c25-15-19(24(26)27)12-16-6-7-18-14-23(29-22(18)13-16)17-8-10-21(11-9-17)28-20-4-2-1-3-5-20/h1-14H,(H,26,27)/b19-12-. The Kier molecular flexibility index (Phi) is 4.83. The number of hydrogen-bond acceptors (Lipinski definition) is 4. The number of fused-ring (bicyclic) bond motifs is 1. The number of rotatable bonds is 5. The van der Waals surface area contributed by atoms with Crippen LogP contribution >= 0.6 is 0 Å². The first-order chi connectivity index (χ1) is 14.1. The normalized spacial score (nSPS) is 11.2. The van der Waals surface area contributed by atoms with Gasteiger partial charge in [0.1, 0.15) is 34.5 Å². The average molecular weight is 381 g/mol. The van der Waals surface area contributed by atoms with E-state index in [1.807, 2.05) is 66.7 Å². The molecule has 4 rings (SSSR count). The minimum Gasteiger partial charge on any atom is -0.477 e. The molecule has 3 aromatic carbocycles. The van der Waals surface area contributed by atoms with Crippen molar-refractivity contribution in [3.63, 3.8) is 0 Å². The molecular formula is C24H15NO4. The maximum Gasteiger partial charge on any atom is 0.346 e. The summed E-state index contributed by atoms with van der Waals surface area (Å²) in [6, 6.07) is 26.0. The summed E-state index contributed by atoms with van der Waals surface area (Å²) in [4.78, 5) is 11.0. The zero-order valence-corrected chi connectivity index (χ0v) is 15.2. The molecule has 0 atom stereocenters. The lowest BCUT2D eigenvalue weighted by Crippen LogP contribution is -1.97. The van der Waals surface area contributed by atoms with Crippen LogP contribution in [0.2, 0.25) is 0 Å². The van der Waals surface area contributed by atoms with Crippen LogP contribution in [-0.2, 0) is 4.79 Å². The Morgan fingerprint density at radius 1 is 0.966 bits per heavy atom. The second-order valence-corrected chi connectivity index (χ2v) is 6.32. The molecule has 29 heavy (non-hydrogen) atoms. The molecule has 1 aromatic heterocycles. The highest BCUT2D eigenvalue weighted by molar-refractivity contribution is 5.97. The monoisotopic (exact) mass is 381 g/mol. The molecule has 1 heterocycles. The van der Waals surface area contributed by atoms with Crippen LogP contribution in [0.3, 0.4) is 0 Å². The Morgan fingerprint density at radius 3 is 2.38 bits per heavy atom. The van der Waals surface area contributed by atoms with Crippen molar-refractivity contribution in [3.05, 3.63) is 90.0 Å². The summed E-state index contributed by atoms with van der Waals surface area (Å²) in [7, 11) is 0. The van der Waals surface area contributed by atoms with Gasteiger partial charge in [0.25, 0.3) is 0 Å². The summed E-state index contributed by atoms with van der Waals surface area (Å²) in [6.45, 7) is 0. The van der Waals surface area contributed by atoms with Gasteiger partial charge in [0.15, 0.2) is 0 Å². The molecule has 0 fully saturated rings. The molecular weight excluding hydrogens is 366 g/mol. The first-order valence-corrected chi connectivity index (χ1v) is 8.84. The number of nitriles is 1. The maximum absolute atomic E-state index is 11.0. The number of furan rings is 1. The van der Waals surface area contributed by atoms with Crippen LogP contribution in [0.25, 0.3) is 28.4 Å². The second kappa shape index (κ2) is 7.75. The fourth-order valence-corrected chi connectivity index (χ4v) is 2.90. The number of carboxylic acid groups (broad SMARTS) is 1. The average Bonchev–Trinajstić information content (AvgIpc) is 3.16. The van der Waals surface area contributed by atoms with E-state index in [-0.39, 0.29) is 5.57 Å². The summed E-state index contributed by atoms with van der Waals surface area (Å²) in [5, 5.41) is 18.8. The molecule has 0 spiro atoms. The van der Waals surface area contributed by atoms with Crippen LogP contribution in [-0.4, -0.2) is 11.1 Å². The van der Waals surface area contributed by atoms with E-state index in [9.17, 15) is 4.79 Å². The Bertz CT molecular complexity index is 1250. The molecule has 0 radical (unpaired) electrons. The van der Waals surface area contributed by atoms with E-state index in [1.165, 1.54) is 6.08 Å². The van der Waals surface area contributed by atoms with Gasteiger partial charge in [-0.25, -0.2) is 4.79 Å². The van der Waals surface area contributed by atoms with Crippen LogP contribution in [0.1, 0.15) is 5.56 Å². The largest absolute Gasteiger partial charge is 0.477 e. The first kappa shape index (κ1) is 18.1. The number of hydrogen-bond donors (Lipinski definition) is 1. The summed E-state index contributed by atoms with van der Waals surface area (Å²) >= 11 is 0. The van der Waals surface area contributed by atoms with Crippen LogP contribution in [0.15, 0.2) is 88.9 Å². The van der Waals surface area contributed by atoms with Gasteiger partial charge in [0.05, 0.1) is 0 Å².